The second kappa shape index (κ2) is 4.46. The van der Waals surface area contributed by atoms with Crippen LogP contribution in [0.3, 0.4) is 0 Å². The van der Waals surface area contributed by atoms with E-state index in [0.29, 0.717) is 12.4 Å². The molecule has 0 aliphatic heterocycles. The van der Waals surface area contributed by atoms with Crippen LogP contribution in [0.2, 0.25) is 0 Å². The molecule has 0 bridgehead atoms. The largest absolute Gasteiger partial charge is 0.330 e. The monoisotopic (exact) mass is 220 g/mol. The molecule has 4 nitrogen and oxygen atoms in total. The Labute approximate surface area is 92.2 Å². The smallest absolute Gasteiger partial charge is 0.188 e. The maximum Gasteiger partial charge on any atom is 0.188 e. The summed E-state index contributed by atoms with van der Waals surface area (Å²) in [4.78, 5) is 12.9. The van der Waals surface area contributed by atoms with Crippen LogP contribution in [0.25, 0.3) is 10.8 Å². The van der Waals surface area contributed by atoms with E-state index in [-0.39, 0.29) is 0 Å². The van der Waals surface area contributed by atoms with Gasteiger partial charge in [0.2, 0.25) is 0 Å². The Kier molecular flexibility index (Phi) is 3.03. The SMILES string of the molecule is Cc1cnc(-c2nc(CCN)cs2)nc1. The van der Waals surface area contributed by atoms with Gasteiger partial charge < -0.3 is 5.73 Å². The molecule has 0 amide bonds. The normalized spacial score (nSPS) is 10.5. The van der Waals surface area contributed by atoms with Gasteiger partial charge in [0.05, 0.1) is 5.69 Å². The molecular formula is C10H12N4S. The summed E-state index contributed by atoms with van der Waals surface area (Å²) >= 11 is 1.56. The zero-order valence-corrected chi connectivity index (χ0v) is 9.29. The lowest BCUT2D eigenvalue weighted by Gasteiger charge is -1.94. The summed E-state index contributed by atoms with van der Waals surface area (Å²) in [6, 6.07) is 0. The van der Waals surface area contributed by atoms with Crippen molar-refractivity contribution in [3.63, 3.8) is 0 Å². The number of hydrogen-bond acceptors (Lipinski definition) is 5. The molecule has 0 aliphatic rings. The Balaban J connectivity index is 2.25. The number of aryl methyl sites for hydroxylation is 1. The van der Waals surface area contributed by atoms with Crippen molar-refractivity contribution in [1.29, 1.82) is 0 Å². The molecule has 0 saturated heterocycles. The van der Waals surface area contributed by atoms with E-state index < -0.39 is 0 Å². The van der Waals surface area contributed by atoms with E-state index in [2.05, 4.69) is 15.0 Å². The summed E-state index contributed by atoms with van der Waals surface area (Å²) in [6.07, 6.45) is 4.40. The minimum absolute atomic E-state index is 0.623. The summed E-state index contributed by atoms with van der Waals surface area (Å²) in [5.74, 6) is 0.689. The van der Waals surface area contributed by atoms with E-state index in [1.54, 1.807) is 23.7 Å². The van der Waals surface area contributed by atoms with Crippen molar-refractivity contribution < 1.29 is 0 Å². The zero-order valence-electron chi connectivity index (χ0n) is 8.47. The second-order valence-corrected chi connectivity index (χ2v) is 4.12. The molecule has 2 aromatic heterocycles. The molecule has 0 fully saturated rings. The molecule has 15 heavy (non-hydrogen) atoms. The highest BCUT2D eigenvalue weighted by molar-refractivity contribution is 7.13. The third kappa shape index (κ3) is 2.37. The Morgan fingerprint density at radius 1 is 1.33 bits per heavy atom. The highest BCUT2D eigenvalue weighted by Crippen LogP contribution is 2.19. The second-order valence-electron chi connectivity index (χ2n) is 3.27. The van der Waals surface area contributed by atoms with Crippen molar-refractivity contribution in [2.45, 2.75) is 13.3 Å². The van der Waals surface area contributed by atoms with Crippen LogP contribution in [0.5, 0.6) is 0 Å². The van der Waals surface area contributed by atoms with Gasteiger partial charge in [-0.3, -0.25) is 0 Å². The molecule has 0 atom stereocenters. The van der Waals surface area contributed by atoms with Crippen LogP contribution < -0.4 is 5.73 Å². The van der Waals surface area contributed by atoms with Crippen molar-refractivity contribution in [2.75, 3.05) is 6.54 Å². The standard InChI is InChI=1S/C10H12N4S/c1-7-4-12-9(13-5-7)10-14-8(2-3-11)6-15-10/h4-6H,2-3,11H2,1H3. The lowest BCUT2D eigenvalue weighted by atomic mass is 10.3. The summed E-state index contributed by atoms with van der Waals surface area (Å²) in [6.45, 7) is 2.59. The average Bonchev–Trinajstić information content (AvgIpc) is 2.68. The minimum atomic E-state index is 0.623. The van der Waals surface area contributed by atoms with Crippen LogP contribution in [-0.2, 0) is 6.42 Å². The molecule has 5 heteroatoms. The third-order valence-corrected chi connectivity index (χ3v) is 2.81. The van der Waals surface area contributed by atoms with E-state index >= 15 is 0 Å². The molecule has 2 rings (SSSR count). The van der Waals surface area contributed by atoms with E-state index in [4.69, 9.17) is 5.73 Å². The van der Waals surface area contributed by atoms with E-state index in [1.807, 2.05) is 12.3 Å². The van der Waals surface area contributed by atoms with Gasteiger partial charge in [-0.1, -0.05) is 0 Å². The summed E-state index contributed by atoms with van der Waals surface area (Å²) < 4.78 is 0. The van der Waals surface area contributed by atoms with Gasteiger partial charge in [-0.05, 0) is 19.0 Å². The summed E-state index contributed by atoms with van der Waals surface area (Å²) in [5.41, 5.74) is 7.53. The molecule has 2 heterocycles. The molecule has 0 aliphatic carbocycles. The lowest BCUT2D eigenvalue weighted by Crippen LogP contribution is -2.02. The van der Waals surface area contributed by atoms with Gasteiger partial charge in [0, 0.05) is 24.2 Å². The van der Waals surface area contributed by atoms with Gasteiger partial charge >= 0.3 is 0 Å². The van der Waals surface area contributed by atoms with Gasteiger partial charge in [-0.25, -0.2) is 15.0 Å². The first kappa shape index (κ1) is 10.2. The van der Waals surface area contributed by atoms with Crippen LogP contribution in [0.15, 0.2) is 17.8 Å². The van der Waals surface area contributed by atoms with Crippen LogP contribution in [0.1, 0.15) is 11.3 Å². The average molecular weight is 220 g/mol. The summed E-state index contributed by atoms with van der Waals surface area (Å²) in [7, 11) is 0. The lowest BCUT2D eigenvalue weighted by molar-refractivity contribution is 0.934. The number of thiazole rings is 1. The van der Waals surface area contributed by atoms with Crippen molar-refractivity contribution in [3.8, 4) is 10.8 Å². The first-order valence-corrected chi connectivity index (χ1v) is 5.61. The Morgan fingerprint density at radius 2 is 2.07 bits per heavy atom. The predicted octanol–water partition coefficient (Wildman–Crippen LogP) is 1.41. The molecule has 2 N–H and O–H groups in total. The van der Waals surface area contributed by atoms with Crippen LogP contribution in [0.4, 0.5) is 0 Å². The maximum absolute atomic E-state index is 5.46. The topological polar surface area (TPSA) is 64.7 Å². The molecule has 0 saturated carbocycles. The maximum atomic E-state index is 5.46. The number of rotatable bonds is 3. The molecule has 0 radical (unpaired) electrons. The van der Waals surface area contributed by atoms with Gasteiger partial charge in [0.25, 0.3) is 0 Å². The molecule has 0 spiro atoms. The van der Waals surface area contributed by atoms with E-state index in [0.717, 1.165) is 22.7 Å². The fraction of sp³-hybridized carbons (Fsp3) is 0.300. The fourth-order valence-electron chi connectivity index (χ4n) is 1.18. The molecule has 2 aromatic rings. The molecular weight excluding hydrogens is 208 g/mol. The van der Waals surface area contributed by atoms with Gasteiger partial charge in [-0.2, -0.15) is 0 Å². The van der Waals surface area contributed by atoms with Crippen LogP contribution >= 0.6 is 11.3 Å². The van der Waals surface area contributed by atoms with E-state index in [1.165, 1.54) is 0 Å². The Hall–Kier alpha value is -1.33. The van der Waals surface area contributed by atoms with Crippen LogP contribution in [0, 0.1) is 6.92 Å². The van der Waals surface area contributed by atoms with E-state index in [9.17, 15) is 0 Å². The number of aromatic nitrogens is 3. The first-order valence-electron chi connectivity index (χ1n) is 4.73. The van der Waals surface area contributed by atoms with Crippen molar-refractivity contribution in [1.82, 2.24) is 15.0 Å². The van der Waals surface area contributed by atoms with Gasteiger partial charge in [0.1, 0.15) is 0 Å². The van der Waals surface area contributed by atoms with Gasteiger partial charge in [0.15, 0.2) is 10.8 Å². The number of nitrogens with two attached hydrogens (primary N) is 1. The minimum Gasteiger partial charge on any atom is -0.330 e. The molecule has 0 aromatic carbocycles. The third-order valence-electron chi connectivity index (χ3n) is 1.92. The van der Waals surface area contributed by atoms with Gasteiger partial charge in [-0.15, -0.1) is 11.3 Å². The number of nitrogens with zero attached hydrogens (tertiary/aromatic N) is 3. The zero-order chi connectivity index (χ0) is 10.7. The van der Waals surface area contributed by atoms with Crippen molar-refractivity contribution in [2.24, 2.45) is 5.73 Å². The Morgan fingerprint density at radius 3 is 2.73 bits per heavy atom. The Bertz CT molecular complexity index is 435. The summed E-state index contributed by atoms with van der Waals surface area (Å²) in [5, 5.41) is 2.87. The highest BCUT2D eigenvalue weighted by atomic mass is 32.1. The predicted molar refractivity (Wildman–Crippen MR) is 60.6 cm³/mol. The highest BCUT2D eigenvalue weighted by Gasteiger charge is 2.06. The molecule has 78 valence electrons. The van der Waals surface area contributed by atoms with Crippen molar-refractivity contribution in [3.05, 3.63) is 29.0 Å². The quantitative estimate of drug-likeness (QED) is 0.849. The fourth-order valence-corrected chi connectivity index (χ4v) is 1.97. The molecule has 0 unspecified atom stereocenters. The first-order chi connectivity index (χ1) is 7.29. The van der Waals surface area contributed by atoms with Crippen LogP contribution in [-0.4, -0.2) is 21.5 Å². The van der Waals surface area contributed by atoms with Crippen molar-refractivity contribution >= 4 is 11.3 Å². The number of hydrogen-bond donors (Lipinski definition) is 1.